The van der Waals surface area contributed by atoms with Gasteiger partial charge in [-0.25, -0.2) is 4.79 Å². The zero-order valence-electron chi connectivity index (χ0n) is 20.0. The smallest absolute Gasteiger partial charge is 0.326 e. The van der Waals surface area contributed by atoms with Crippen LogP contribution in [0.1, 0.15) is 30.0 Å². The van der Waals surface area contributed by atoms with Gasteiger partial charge in [-0.05, 0) is 16.7 Å². The van der Waals surface area contributed by atoms with E-state index in [1.807, 2.05) is 54.6 Å². The molecule has 4 unspecified atom stereocenters. The van der Waals surface area contributed by atoms with Crippen molar-refractivity contribution in [3.8, 4) is 0 Å². The molecule has 3 amide bonds. The number of alkyl halides is 1. The van der Waals surface area contributed by atoms with Crippen LogP contribution in [-0.2, 0) is 19.9 Å². The van der Waals surface area contributed by atoms with Crippen LogP contribution in [0.25, 0.3) is 0 Å². The molecule has 2 saturated heterocycles. The quantitative estimate of drug-likeness (QED) is 0.367. The molecule has 2 fully saturated rings. The van der Waals surface area contributed by atoms with E-state index in [-0.39, 0.29) is 23.8 Å². The number of ether oxygens (including phenoxy) is 2. The lowest BCUT2D eigenvalue weighted by molar-refractivity contribution is -0.129. The fourth-order valence-electron chi connectivity index (χ4n) is 5.02. The Labute approximate surface area is 216 Å². The third-order valence-electron chi connectivity index (χ3n) is 6.92. The van der Waals surface area contributed by atoms with Gasteiger partial charge in [0.05, 0.1) is 24.0 Å². The molecule has 6 nitrogen and oxygen atoms in total. The Kier molecular flexibility index (Phi) is 7.10. The average Bonchev–Trinajstić information content (AvgIpc) is 3.28. The third kappa shape index (κ3) is 4.64. The van der Waals surface area contributed by atoms with Crippen LogP contribution in [0.5, 0.6) is 0 Å². The van der Waals surface area contributed by atoms with Crippen molar-refractivity contribution in [1.29, 1.82) is 0 Å². The average molecular weight is 505 g/mol. The molecule has 0 aromatic heterocycles. The summed E-state index contributed by atoms with van der Waals surface area (Å²) >= 11 is 6.74. The van der Waals surface area contributed by atoms with Gasteiger partial charge in [-0.1, -0.05) is 97.9 Å². The Morgan fingerprint density at radius 2 is 1.42 bits per heavy atom. The predicted molar refractivity (Wildman–Crippen MR) is 137 cm³/mol. The standard InChI is InChI=1S/C29H29ClN2O4/c1-20-18-32(28(34)31-27(20)33)26-17-24(30)25(36-26)19-35-29(21-11-5-2-6-12-21,22-13-7-3-8-14-22)23-15-9-4-10-16-23/h2-16,20,24-26H,17-19H2,1H3,(H,31,33,34). The van der Waals surface area contributed by atoms with Crippen molar-refractivity contribution < 1.29 is 19.1 Å². The summed E-state index contributed by atoms with van der Waals surface area (Å²) in [7, 11) is 0. The highest BCUT2D eigenvalue weighted by atomic mass is 35.5. The van der Waals surface area contributed by atoms with Crippen molar-refractivity contribution in [3.05, 3.63) is 108 Å². The monoisotopic (exact) mass is 504 g/mol. The molecule has 4 atom stereocenters. The maximum Gasteiger partial charge on any atom is 0.326 e. The third-order valence-corrected chi connectivity index (χ3v) is 7.38. The van der Waals surface area contributed by atoms with E-state index in [0.29, 0.717) is 13.0 Å². The lowest BCUT2D eigenvalue weighted by atomic mass is 9.80. The van der Waals surface area contributed by atoms with Gasteiger partial charge in [0.15, 0.2) is 0 Å². The molecule has 1 N–H and O–H groups in total. The molecule has 2 heterocycles. The van der Waals surface area contributed by atoms with Crippen LogP contribution in [-0.4, -0.2) is 47.7 Å². The minimum atomic E-state index is -0.884. The van der Waals surface area contributed by atoms with E-state index in [2.05, 4.69) is 41.7 Å². The maximum atomic E-state index is 12.5. The van der Waals surface area contributed by atoms with Gasteiger partial charge in [0.25, 0.3) is 0 Å². The number of nitrogens with zero attached hydrogens (tertiary/aromatic N) is 1. The Hall–Kier alpha value is -3.19. The Bertz CT molecular complexity index is 1100. The Morgan fingerprint density at radius 3 is 1.92 bits per heavy atom. The number of nitrogens with one attached hydrogen (secondary N) is 1. The molecule has 0 bridgehead atoms. The van der Waals surface area contributed by atoms with Gasteiger partial charge in [-0.15, -0.1) is 11.6 Å². The van der Waals surface area contributed by atoms with Crippen LogP contribution in [0, 0.1) is 5.92 Å². The van der Waals surface area contributed by atoms with Gasteiger partial charge in [-0.2, -0.15) is 0 Å². The van der Waals surface area contributed by atoms with Crippen LogP contribution in [0.3, 0.4) is 0 Å². The molecule has 2 aliphatic heterocycles. The second-order valence-corrected chi connectivity index (χ2v) is 9.88. The summed E-state index contributed by atoms with van der Waals surface area (Å²) in [4.78, 5) is 25.9. The molecule has 7 heteroatoms. The number of hydrogen-bond acceptors (Lipinski definition) is 4. The van der Waals surface area contributed by atoms with E-state index in [4.69, 9.17) is 21.1 Å². The van der Waals surface area contributed by atoms with Crippen molar-refractivity contribution in [2.24, 2.45) is 5.92 Å². The highest BCUT2D eigenvalue weighted by Gasteiger charge is 2.44. The molecule has 0 saturated carbocycles. The summed E-state index contributed by atoms with van der Waals surface area (Å²) in [5.74, 6) is -0.577. The lowest BCUT2D eigenvalue weighted by Gasteiger charge is -2.37. The molecule has 0 radical (unpaired) electrons. The molecule has 3 aromatic carbocycles. The molecule has 5 rings (SSSR count). The first kappa shape index (κ1) is 24.5. The number of amides is 3. The Morgan fingerprint density at radius 1 is 0.917 bits per heavy atom. The number of carbonyl (C=O) groups excluding carboxylic acids is 2. The maximum absolute atomic E-state index is 12.5. The number of rotatable bonds is 7. The topological polar surface area (TPSA) is 67.9 Å². The molecule has 3 aromatic rings. The summed E-state index contributed by atoms with van der Waals surface area (Å²) in [5.41, 5.74) is 2.09. The first-order chi connectivity index (χ1) is 17.5. The number of hydrogen-bond donors (Lipinski definition) is 1. The highest BCUT2D eigenvalue weighted by Crippen LogP contribution is 2.41. The van der Waals surface area contributed by atoms with Crippen LogP contribution in [0.2, 0.25) is 0 Å². The van der Waals surface area contributed by atoms with E-state index in [9.17, 15) is 9.59 Å². The molecular formula is C29H29ClN2O4. The largest absolute Gasteiger partial charge is 0.358 e. The van der Waals surface area contributed by atoms with Crippen LogP contribution >= 0.6 is 11.6 Å². The van der Waals surface area contributed by atoms with E-state index < -0.39 is 24.0 Å². The number of urea groups is 1. The second-order valence-electron chi connectivity index (χ2n) is 9.32. The number of carbonyl (C=O) groups is 2. The van der Waals surface area contributed by atoms with Gasteiger partial charge in [-0.3, -0.25) is 15.0 Å². The zero-order valence-corrected chi connectivity index (χ0v) is 20.8. The Balaban J connectivity index is 1.44. The molecule has 186 valence electrons. The molecule has 36 heavy (non-hydrogen) atoms. The van der Waals surface area contributed by atoms with E-state index in [1.165, 1.54) is 0 Å². The van der Waals surface area contributed by atoms with Gasteiger partial charge >= 0.3 is 6.03 Å². The van der Waals surface area contributed by atoms with Gasteiger partial charge in [0.2, 0.25) is 5.91 Å². The fourth-order valence-corrected chi connectivity index (χ4v) is 5.30. The predicted octanol–water partition coefficient (Wildman–Crippen LogP) is 4.91. The second kappa shape index (κ2) is 10.4. The fraction of sp³-hybridized carbons (Fsp3) is 0.310. The first-order valence-corrected chi connectivity index (χ1v) is 12.6. The van der Waals surface area contributed by atoms with Crippen molar-refractivity contribution in [1.82, 2.24) is 10.2 Å². The minimum absolute atomic E-state index is 0.216. The summed E-state index contributed by atoms with van der Waals surface area (Å²) in [6, 6.07) is 29.9. The van der Waals surface area contributed by atoms with Gasteiger partial charge < -0.3 is 9.47 Å². The summed E-state index contributed by atoms with van der Waals surface area (Å²) in [6.07, 6.45) is -0.497. The van der Waals surface area contributed by atoms with E-state index in [0.717, 1.165) is 16.7 Å². The zero-order chi connectivity index (χ0) is 25.1. The highest BCUT2D eigenvalue weighted by molar-refractivity contribution is 6.21. The van der Waals surface area contributed by atoms with Crippen molar-refractivity contribution >= 4 is 23.5 Å². The van der Waals surface area contributed by atoms with Crippen LogP contribution in [0.15, 0.2) is 91.0 Å². The minimum Gasteiger partial charge on any atom is -0.358 e. The van der Waals surface area contributed by atoms with Crippen molar-refractivity contribution in [2.45, 2.75) is 36.7 Å². The van der Waals surface area contributed by atoms with Crippen molar-refractivity contribution in [3.63, 3.8) is 0 Å². The van der Waals surface area contributed by atoms with Crippen LogP contribution in [0.4, 0.5) is 4.79 Å². The molecule has 0 spiro atoms. The number of halogens is 1. The number of benzene rings is 3. The SMILES string of the molecule is CC1CN(C2CC(Cl)C(COC(c3ccccc3)(c3ccccc3)c3ccccc3)O2)C(=O)NC1=O. The molecular weight excluding hydrogens is 476 g/mol. The summed E-state index contributed by atoms with van der Waals surface area (Å²) < 4.78 is 13.1. The first-order valence-electron chi connectivity index (χ1n) is 12.2. The van der Waals surface area contributed by atoms with E-state index in [1.54, 1.807) is 11.8 Å². The van der Waals surface area contributed by atoms with Gasteiger partial charge in [0.1, 0.15) is 11.8 Å². The van der Waals surface area contributed by atoms with E-state index >= 15 is 0 Å². The molecule has 0 aliphatic carbocycles. The summed E-state index contributed by atoms with van der Waals surface area (Å²) in [6.45, 7) is 2.30. The lowest BCUT2D eigenvalue weighted by Crippen LogP contribution is -2.57. The molecule has 2 aliphatic rings. The number of imide groups is 1. The van der Waals surface area contributed by atoms with Crippen LogP contribution < -0.4 is 5.32 Å². The summed E-state index contributed by atoms with van der Waals surface area (Å²) in [5, 5.41) is 2.05. The van der Waals surface area contributed by atoms with Crippen molar-refractivity contribution in [2.75, 3.05) is 13.2 Å². The normalized spacial score (nSPS) is 24.6. The van der Waals surface area contributed by atoms with Gasteiger partial charge in [0, 0.05) is 13.0 Å².